The van der Waals surface area contributed by atoms with E-state index in [0.717, 1.165) is 6.42 Å². The van der Waals surface area contributed by atoms with Gasteiger partial charge in [-0.2, -0.15) is 0 Å². The molecule has 1 aromatic carbocycles. The van der Waals surface area contributed by atoms with E-state index >= 15 is 0 Å². The Morgan fingerprint density at radius 2 is 1.79 bits per heavy atom. The summed E-state index contributed by atoms with van der Waals surface area (Å²) in [6.07, 6.45) is 4.81. The third kappa shape index (κ3) is 2.73. The molecule has 0 unspecified atom stereocenters. The maximum absolute atomic E-state index is 9.86. The summed E-state index contributed by atoms with van der Waals surface area (Å²) in [6.45, 7) is 0. The van der Waals surface area contributed by atoms with Gasteiger partial charge in [0.2, 0.25) is 0 Å². The van der Waals surface area contributed by atoms with Crippen LogP contribution in [0.3, 0.4) is 0 Å². The van der Waals surface area contributed by atoms with Crippen LogP contribution in [0.15, 0.2) is 30.3 Å². The van der Waals surface area contributed by atoms with E-state index in [0.29, 0.717) is 3.97 Å². The fourth-order valence-corrected chi connectivity index (χ4v) is 5.43. The quantitative estimate of drug-likeness (QED) is 0.825. The minimum absolute atomic E-state index is 0.00800. The van der Waals surface area contributed by atoms with Gasteiger partial charge in [0, 0.05) is 0 Å². The van der Waals surface area contributed by atoms with Crippen molar-refractivity contribution in [3.63, 3.8) is 0 Å². The number of benzene rings is 1. The zero-order chi connectivity index (χ0) is 9.80. The SMILES string of the molecule is O[C@H]1CCCC[C@@H]1[Te]c1ccccc1. The topological polar surface area (TPSA) is 20.2 Å². The Balaban J connectivity index is 1.96. The van der Waals surface area contributed by atoms with Crippen LogP contribution in [0, 0.1) is 0 Å². The van der Waals surface area contributed by atoms with E-state index in [1.54, 1.807) is 0 Å². The molecule has 0 spiro atoms. The predicted octanol–water partition coefficient (Wildman–Crippen LogP) is 1.74. The van der Waals surface area contributed by atoms with Gasteiger partial charge < -0.3 is 0 Å². The molecule has 1 fully saturated rings. The summed E-state index contributed by atoms with van der Waals surface area (Å²) in [5, 5.41) is 9.86. The van der Waals surface area contributed by atoms with Gasteiger partial charge in [0.1, 0.15) is 0 Å². The van der Waals surface area contributed by atoms with Crippen LogP contribution in [-0.4, -0.2) is 32.1 Å². The zero-order valence-electron chi connectivity index (χ0n) is 8.23. The van der Waals surface area contributed by atoms with Gasteiger partial charge in [-0.15, -0.1) is 0 Å². The molecule has 1 aromatic rings. The molecule has 0 aliphatic heterocycles. The van der Waals surface area contributed by atoms with Crippen LogP contribution >= 0.6 is 0 Å². The number of rotatable bonds is 2. The molecule has 2 atom stereocenters. The Kier molecular flexibility index (Phi) is 3.87. The van der Waals surface area contributed by atoms with Crippen molar-refractivity contribution in [2.75, 3.05) is 0 Å². The second-order valence-electron chi connectivity index (χ2n) is 3.82. The van der Waals surface area contributed by atoms with Gasteiger partial charge in [-0.1, -0.05) is 0 Å². The fourth-order valence-electron chi connectivity index (χ4n) is 1.89. The average molecular weight is 304 g/mol. The molecule has 0 bridgehead atoms. The molecule has 1 saturated carbocycles. The molecule has 1 aliphatic rings. The Morgan fingerprint density at radius 3 is 2.50 bits per heavy atom. The van der Waals surface area contributed by atoms with Crippen molar-refractivity contribution in [3.05, 3.63) is 30.3 Å². The number of hydrogen-bond acceptors (Lipinski definition) is 1. The molecule has 14 heavy (non-hydrogen) atoms. The summed E-state index contributed by atoms with van der Waals surface area (Å²) in [4.78, 5) is 0. The van der Waals surface area contributed by atoms with Crippen molar-refractivity contribution in [1.29, 1.82) is 0 Å². The summed E-state index contributed by atoms with van der Waals surface area (Å²) in [7, 11) is 0. The minimum atomic E-state index is -0.172. The normalized spacial score (nSPS) is 27.5. The van der Waals surface area contributed by atoms with Crippen molar-refractivity contribution in [1.82, 2.24) is 0 Å². The van der Waals surface area contributed by atoms with Crippen molar-refractivity contribution < 1.29 is 5.11 Å². The second kappa shape index (κ2) is 5.16. The van der Waals surface area contributed by atoms with E-state index < -0.39 is 0 Å². The van der Waals surface area contributed by atoms with E-state index in [1.807, 2.05) is 0 Å². The molecule has 76 valence electrons. The second-order valence-corrected chi connectivity index (χ2v) is 7.57. The number of hydrogen-bond donors (Lipinski definition) is 1. The Labute approximate surface area is 95.6 Å². The third-order valence-corrected chi connectivity index (χ3v) is 6.69. The Hall–Kier alpha value is -0.0304. The summed E-state index contributed by atoms with van der Waals surface area (Å²) in [5.74, 6) is 0. The van der Waals surface area contributed by atoms with E-state index in [4.69, 9.17) is 0 Å². The summed E-state index contributed by atoms with van der Waals surface area (Å²) in [6, 6.07) is 10.7. The Bertz CT molecular complexity index is 273. The number of aliphatic hydroxyl groups is 1. The van der Waals surface area contributed by atoms with Gasteiger partial charge in [-0.05, 0) is 0 Å². The van der Waals surface area contributed by atoms with Crippen molar-refractivity contribution >= 4 is 24.5 Å². The van der Waals surface area contributed by atoms with Crippen LogP contribution in [0.1, 0.15) is 25.7 Å². The molecule has 1 aliphatic carbocycles. The molecule has 0 radical (unpaired) electrons. The van der Waals surface area contributed by atoms with Gasteiger partial charge in [0.25, 0.3) is 0 Å². The Morgan fingerprint density at radius 1 is 1.07 bits per heavy atom. The molecule has 0 saturated heterocycles. The van der Waals surface area contributed by atoms with E-state index in [-0.39, 0.29) is 27.0 Å². The first-order valence-corrected chi connectivity index (χ1v) is 7.77. The van der Waals surface area contributed by atoms with Crippen molar-refractivity contribution in [2.45, 2.75) is 35.8 Å². The van der Waals surface area contributed by atoms with Crippen LogP contribution in [0.4, 0.5) is 0 Å². The average Bonchev–Trinajstić information content (AvgIpc) is 2.23. The monoisotopic (exact) mass is 306 g/mol. The molecule has 0 aromatic heterocycles. The van der Waals surface area contributed by atoms with Gasteiger partial charge in [0.15, 0.2) is 0 Å². The number of aliphatic hydroxyl groups excluding tert-OH is 1. The van der Waals surface area contributed by atoms with Crippen LogP contribution in [0.5, 0.6) is 0 Å². The van der Waals surface area contributed by atoms with Gasteiger partial charge in [-0.25, -0.2) is 0 Å². The van der Waals surface area contributed by atoms with Gasteiger partial charge in [-0.3, -0.25) is 0 Å². The molecule has 1 N–H and O–H groups in total. The maximum atomic E-state index is 9.86. The molecule has 1 nitrogen and oxygen atoms in total. The molecule has 0 heterocycles. The summed E-state index contributed by atoms with van der Waals surface area (Å²) >= 11 is -0.172. The summed E-state index contributed by atoms with van der Waals surface area (Å²) in [5.41, 5.74) is 0. The zero-order valence-corrected chi connectivity index (χ0v) is 10.6. The van der Waals surface area contributed by atoms with Crippen LogP contribution < -0.4 is 3.61 Å². The summed E-state index contributed by atoms with van der Waals surface area (Å²) < 4.78 is 2.11. The van der Waals surface area contributed by atoms with Crippen LogP contribution in [-0.2, 0) is 0 Å². The molecule has 2 rings (SSSR count). The fraction of sp³-hybridized carbons (Fsp3) is 0.500. The first kappa shape index (κ1) is 10.5. The van der Waals surface area contributed by atoms with Crippen molar-refractivity contribution in [2.24, 2.45) is 0 Å². The van der Waals surface area contributed by atoms with E-state index in [1.165, 1.54) is 22.9 Å². The van der Waals surface area contributed by atoms with E-state index in [9.17, 15) is 5.11 Å². The van der Waals surface area contributed by atoms with Gasteiger partial charge >= 0.3 is 95.7 Å². The first-order chi connectivity index (χ1) is 6.86. The third-order valence-electron chi connectivity index (χ3n) is 2.70. The molecule has 0 amide bonds. The van der Waals surface area contributed by atoms with Gasteiger partial charge in [0.05, 0.1) is 0 Å². The first-order valence-electron chi connectivity index (χ1n) is 5.26. The molecular formula is C12H16OTe. The van der Waals surface area contributed by atoms with E-state index in [2.05, 4.69) is 30.3 Å². The predicted molar refractivity (Wildman–Crippen MR) is 60.1 cm³/mol. The molecular weight excluding hydrogens is 288 g/mol. The van der Waals surface area contributed by atoms with Crippen LogP contribution in [0.25, 0.3) is 0 Å². The standard InChI is InChI=1S/C12H16OTe/c13-11-8-4-5-9-12(11)14-10-6-2-1-3-7-10/h1-3,6-7,11-13H,4-5,8-9H2/t11-,12-/m0/s1. The van der Waals surface area contributed by atoms with Crippen molar-refractivity contribution in [3.8, 4) is 0 Å². The van der Waals surface area contributed by atoms with Crippen LogP contribution in [0.2, 0.25) is 3.97 Å². The molecule has 2 heteroatoms.